The molecule has 11 nitrogen and oxygen atoms in total. The van der Waals surface area contributed by atoms with E-state index < -0.39 is 0 Å². The molecular formula is C39H49N7O4. The highest BCUT2D eigenvalue weighted by Gasteiger charge is 2.39. The second-order valence-electron chi connectivity index (χ2n) is 14.6. The number of hydrogen-bond donors (Lipinski definition) is 3. The summed E-state index contributed by atoms with van der Waals surface area (Å²) >= 11 is 0. The van der Waals surface area contributed by atoms with Gasteiger partial charge in [-0.3, -0.25) is 9.48 Å². The Hall–Kier alpha value is -4.29. The summed E-state index contributed by atoms with van der Waals surface area (Å²) in [6.07, 6.45) is 5.40. The summed E-state index contributed by atoms with van der Waals surface area (Å²) in [4.78, 5) is 22.6. The van der Waals surface area contributed by atoms with E-state index in [9.17, 15) is 9.90 Å². The van der Waals surface area contributed by atoms with Crippen molar-refractivity contribution < 1.29 is 19.4 Å². The van der Waals surface area contributed by atoms with E-state index in [1.807, 2.05) is 14.0 Å². The molecule has 0 radical (unpaired) electrons. The first-order chi connectivity index (χ1) is 24.1. The van der Waals surface area contributed by atoms with Crippen molar-refractivity contribution in [1.82, 2.24) is 25.0 Å². The number of rotatable bonds is 10. The van der Waals surface area contributed by atoms with Gasteiger partial charge in [0.15, 0.2) is 0 Å². The number of nitrogens with two attached hydrogens (primary N) is 1. The first kappa shape index (κ1) is 34.2. The minimum Gasteiger partial charge on any atom is -0.395 e. The Morgan fingerprint density at radius 1 is 1.06 bits per heavy atom. The molecule has 0 aliphatic carbocycles. The van der Waals surface area contributed by atoms with Crippen molar-refractivity contribution in [1.29, 1.82) is 0 Å². The highest BCUT2D eigenvalue weighted by atomic mass is 16.5. The molecular weight excluding hydrogens is 630 g/mol. The number of β-amino-alcohol motifs (C(OH)–C–C–N with tert-alkyl or cyclic N) is 1. The van der Waals surface area contributed by atoms with E-state index >= 15 is 0 Å². The molecule has 5 heterocycles. The molecule has 11 heteroatoms. The zero-order chi connectivity index (χ0) is 35.0. The molecule has 0 spiro atoms. The van der Waals surface area contributed by atoms with Crippen molar-refractivity contribution >= 4 is 17.4 Å². The van der Waals surface area contributed by atoms with Crippen molar-refractivity contribution in [2.45, 2.75) is 63.8 Å². The van der Waals surface area contributed by atoms with Crippen molar-refractivity contribution in [3.63, 3.8) is 0 Å². The number of hydrogen-bond acceptors (Lipinski definition) is 9. The van der Waals surface area contributed by atoms with Gasteiger partial charge >= 0.3 is 0 Å². The second kappa shape index (κ2) is 14.1. The lowest BCUT2D eigenvalue weighted by Gasteiger charge is -2.38. The zero-order valence-corrected chi connectivity index (χ0v) is 29.6. The number of nitrogens with one attached hydrogen (secondary N) is 1. The number of nitrogen functional groups attached to an aromatic ring is 1. The number of fused-ring (bicyclic) bond motifs is 1. The number of aromatic nitrogens is 3. The van der Waals surface area contributed by atoms with Crippen LogP contribution in [0.25, 0.3) is 22.3 Å². The number of nitrogens with zero attached hydrogens (tertiary/aromatic N) is 5. The lowest BCUT2D eigenvalue weighted by atomic mass is 9.85. The summed E-state index contributed by atoms with van der Waals surface area (Å²) in [5.41, 5.74) is 15.4. The fraction of sp³-hybridized carbons (Fsp3) is 0.462. The van der Waals surface area contributed by atoms with Crippen LogP contribution in [0, 0.1) is 6.92 Å². The van der Waals surface area contributed by atoms with E-state index in [2.05, 4.69) is 81.5 Å². The van der Waals surface area contributed by atoms with E-state index in [1.165, 1.54) is 22.4 Å². The Balaban J connectivity index is 0.971. The molecule has 2 fully saturated rings. The Bertz CT molecular complexity index is 1830. The quantitative estimate of drug-likeness (QED) is 0.225. The van der Waals surface area contributed by atoms with Crippen LogP contribution in [0.1, 0.15) is 53.9 Å². The van der Waals surface area contributed by atoms with Crippen LogP contribution in [-0.2, 0) is 28.5 Å². The molecule has 1 amide bonds. The largest absolute Gasteiger partial charge is 0.395 e. The van der Waals surface area contributed by atoms with Crippen LogP contribution < -0.4 is 16.0 Å². The van der Waals surface area contributed by atoms with Gasteiger partial charge in [0.25, 0.3) is 5.91 Å². The Labute approximate surface area is 294 Å². The number of anilines is 2. The smallest absolute Gasteiger partial charge is 0.255 e. The molecule has 4 aromatic rings. The summed E-state index contributed by atoms with van der Waals surface area (Å²) in [5.74, 6) is -0.139. The number of aliphatic hydroxyl groups is 1. The van der Waals surface area contributed by atoms with Gasteiger partial charge in [0.2, 0.25) is 0 Å². The Morgan fingerprint density at radius 3 is 2.54 bits per heavy atom. The maximum absolute atomic E-state index is 13.4. The Kier molecular flexibility index (Phi) is 9.67. The third-order valence-electron chi connectivity index (χ3n) is 10.8. The number of aliphatic hydroxyl groups excluding tert-OH is 1. The molecule has 2 aromatic carbocycles. The van der Waals surface area contributed by atoms with Crippen LogP contribution >= 0.6 is 0 Å². The number of pyridine rings is 1. The molecule has 0 saturated carbocycles. The van der Waals surface area contributed by atoms with Gasteiger partial charge in [0, 0.05) is 73.4 Å². The van der Waals surface area contributed by atoms with E-state index in [0.29, 0.717) is 31.4 Å². The van der Waals surface area contributed by atoms with Crippen LogP contribution in [0.5, 0.6) is 0 Å². The standard InChI is InChI=1S/C39H49N7O4/c1-25-32(20-42-44(25)4)29-17-31(37(40)41-19-29)38(48)43-34-22-49-23-36(34)50-21-26-5-7-27(8-6-26)28-9-10-35-33(18-28)39(2,3)24-46(35)30-11-13-45(14-12-30)15-16-47/h5-10,17-20,30,34,36,47H,11-16,21-24H2,1-4H3,(H2,40,41)(H,43,48)/t34-,36-/m0/s1. The molecule has 2 aromatic heterocycles. The average Bonchev–Trinajstić information content (AvgIpc) is 3.79. The van der Waals surface area contributed by atoms with Crippen LogP contribution in [0.15, 0.2) is 60.9 Å². The molecule has 0 bridgehead atoms. The highest BCUT2D eigenvalue weighted by molar-refractivity contribution is 5.99. The monoisotopic (exact) mass is 679 g/mol. The number of amides is 1. The molecule has 264 valence electrons. The Morgan fingerprint density at radius 2 is 1.82 bits per heavy atom. The zero-order valence-electron chi connectivity index (χ0n) is 29.6. The van der Waals surface area contributed by atoms with Crippen molar-refractivity contribution in [2.24, 2.45) is 7.05 Å². The van der Waals surface area contributed by atoms with Crippen molar-refractivity contribution in [3.05, 3.63) is 83.3 Å². The molecule has 2 saturated heterocycles. The average molecular weight is 680 g/mol. The minimum absolute atomic E-state index is 0.0696. The van der Waals surface area contributed by atoms with E-state index in [-0.39, 0.29) is 35.9 Å². The maximum atomic E-state index is 13.4. The molecule has 0 unspecified atom stereocenters. The minimum atomic E-state index is -0.313. The lowest BCUT2D eigenvalue weighted by molar-refractivity contribution is 0.0218. The third kappa shape index (κ3) is 6.87. The van der Waals surface area contributed by atoms with Gasteiger partial charge in [-0.2, -0.15) is 5.10 Å². The van der Waals surface area contributed by atoms with Crippen molar-refractivity contribution in [3.8, 4) is 22.3 Å². The number of carbonyl (C=O) groups excluding carboxylic acids is 1. The second-order valence-corrected chi connectivity index (χ2v) is 14.6. The van der Waals surface area contributed by atoms with Gasteiger partial charge in [-0.15, -0.1) is 0 Å². The number of likely N-dealkylation sites (tertiary alicyclic amines) is 1. The molecule has 7 rings (SSSR count). The summed E-state index contributed by atoms with van der Waals surface area (Å²) < 4.78 is 13.8. The fourth-order valence-corrected chi connectivity index (χ4v) is 7.69. The fourth-order valence-electron chi connectivity index (χ4n) is 7.69. The first-order valence-corrected chi connectivity index (χ1v) is 17.7. The summed E-state index contributed by atoms with van der Waals surface area (Å²) in [6, 6.07) is 17.5. The van der Waals surface area contributed by atoms with Crippen molar-refractivity contribution in [2.75, 3.05) is 56.6 Å². The number of benzene rings is 2. The van der Waals surface area contributed by atoms with Gasteiger partial charge in [-0.05, 0) is 60.2 Å². The highest BCUT2D eigenvalue weighted by Crippen LogP contribution is 2.44. The van der Waals surface area contributed by atoms with Gasteiger partial charge < -0.3 is 35.4 Å². The molecule has 2 atom stereocenters. The molecule has 3 aliphatic heterocycles. The van der Waals surface area contributed by atoms with E-state index in [1.54, 1.807) is 23.1 Å². The molecule has 4 N–H and O–H groups in total. The maximum Gasteiger partial charge on any atom is 0.255 e. The summed E-state index contributed by atoms with van der Waals surface area (Å²) in [7, 11) is 1.88. The van der Waals surface area contributed by atoms with Crippen LogP contribution in [-0.4, -0.2) is 94.9 Å². The topological polar surface area (TPSA) is 131 Å². The van der Waals surface area contributed by atoms with E-state index in [0.717, 1.165) is 61.4 Å². The van der Waals surface area contributed by atoms with Crippen LogP contribution in [0.4, 0.5) is 11.5 Å². The summed E-state index contributed by atoms with van der Waals surface area (Å²) in [6.45, 7) is 12.0. The van der Waals surface area contributed by atoms with Gasteiger partial charge in [0.05, 0.1) is 44.2 Å². The summed E-state index contributed by atoms with van der Waals surface area (Å²) in [5, 5.41) is 16.7. The van der Waals surface area contributed by atoms with Gasteiger partial charge in [-0.1, -0.05) is 44.2 Å². The first-order valence-electron chi connectivity index (χ1n) is 17.7. The number of aryl methyl sites for hydroxylation is 1. The molecule has 50 heavy (non-hydrogen) atoms. The normalized spacial score (nSPS) is 20.7. The number of ether oxygens (including phenoxy) is 2. The molecule has 3 aliphatic rings. The lowest BCUT2D eigenvalue weighted by Crippen LogP contribution is -2.46. The van der Waals surface area contributed by atoms with Gasteiger partial charge in [0.1, 0.15) is 11.9 Å². The third-order valence-corrected chi connectivity index (χ3v) is 10.8. The predicted molar refractivity (Wildman–Crippen MR) is 195 cm³/mol. The SMILES string of the molecule is Cc1c(-c2cnc(N)c(C(=O)N[C@H]3COC[C@@H]3OCc3ccc(-c4ccc5c(c4)C(C)(C)CN5C4CCN(CCO)CC4)cc3)c2)cnn1C. The number of carbonyl (C=O) groups is 1. The van der Waals surface area contributed by atoms with Crippen LogP contribution in [0.2, 0.25) is 0 Å². The number of piperidine rings is 1. The van der Waals surface area contributed by atoms with E-state index in [4.69, 9.17) is 15.2 Å². The van der Waals surface area contributed by atoms with Crippen LogP contribution in [0.3, 0.4) is 0 Å². The van der Waals surface area contributed by atoms with Gasteiger partial charge in [-0.25, -0.2) is 4.98 Å². The predicted octanol–water partition coefficient (Wildman–Crippen LogP) is 4.31.